The molecule has 6 nitrogen and oxygen atoms in total. The molecule has 1 saturated carbocycles. The van der Waals surface area contributed by atoms with Gasteiger partial charge in [0.1, 0.15) is 12.4 Å². The van der Waals surface area contributed by atoms with Gasteiger partial charge in [0.15, 0.2) is 0 Å². The zero-order valence-electron chi connectivity index (χ0n) is 17.3. The summed E-state index contributed by atoms with van der Waals surface area (Å²) in [5.74, 6) is 1.32. The summed E-state index contributed by atoms with van der Waals surface area (Å²) in [7, 11) is 0. The molecule has 1 aliphatic rings. The van der Waals surface area contributed by atoms with Crippen LogP contribution in [-0.2, 0) is 13.1 Å². The van der Waals surface area contributed by atoms with Crippen molar-refractivity contribution in [3.8, 4) is 5.75 Å². The van der Waals surface area contributed by atoms with Crippen molar-refractivity contribution in [3.63, 3.8) is 0 Å². The second-order valence-electron chi connectivity index (χ2n) is 7.77. The van der Waals surface area contributed by atoms with Crippen LogP contribution in [0.1, 0.15) is 25.3 Å². The highest BCUT2D eigenvalue weighted by molar-refractivity contribution is 5.89. The number of ether oxygens (including phenoxy) is 1. The Morgan fingerprint density at radius 3 is 2.77 bits per heavy atom. The van der Waals surface area contributed by atoms with Gasteiger partial charge in [-0.1, -0.05) is 36.4 Å². The molecule has 0 radical (unpaired) electrons. The zero-order chi connectivity index (χ0) is 20.8. The van der Waals surface area contributed by atoms with Crippen molar-refractivity contribution >= 4 is 11.7 Å². The van der Waals surface area contributed by atoms with E-state index in [1.165, 1.54) is 12.8 Å². The molecule has 1 atom stereocenters. The molecule has 1 unspecified atom stereocenters. The van der Waals surface area contributed by atoms with Crippen molar-refractivity contribution in [3.05, 3.63) is 78.6 Å². The van der Waals surface area contributed by atoms with E-state index in [1.54, 1.807) is 6.20 Å². The minimum Gasteiger partial charge on any atom is -0.492 e. The number of nitrogens with zero attached hydrogens (tertiary/aromatic N) is 3. The molecule has 1 aromatic heterocycles. The minimum atomic E-state index is -0.0769. The van der Waals surface area contributed by atoms with Gasteiger partial charge in [-0.05, 0) is 49.4 Å². The first-order valence-electron chi connectivity index (χ1n) is 10.5. The Kier molecular flexibility index (Phi) is 6.32. The van der Waals surface area contributed by atoms with Crippen LogP contribution < -0.4 is 10.1 Å². The molecule has 1 N–H and O–H groups in total. The van der Waals surface area contributed by atoms with Crippen LogP contribution in [-0.4, -0.2) is 33.4 Å². The van der Waals surface area contributed by atoms with Crippen LogP contribution in [0.4, 0.5) is 10.5 Å². The van der Waals surface area contributed by atoms with Crippen LogP contribution in [0.2, 0.25) is 0 Å². The monoisotopic (exact) mass is 404 g/mol. The van der Waals surface area contributed by atoms with E-state index in [4.69, 9.17) is 4.74 Å². The number of anilines is 1. The van der Waals surface area contributed by atoms with Crippen LogP contribution in [0, 0.1) is 5.92 Å². The Hall–Kier alpha value is -3.28. The van der Waals surface area contributed by atoms with Crippen molar-refractivity contribution < 1.29 is 9.53 Å². The molecule has 6 heteroatoms. The van der Waals surface area contributed by atoms with Gasteiger partial charge >= 0.3 is 6.03 Å². The molecule has 1 fully saturated rings. The maximum Gasteiger partial charge on any atom is 0.322 e. The Morgan fingerprint density at radius 1 is 1.20 bits per heavy atom. The third kappa shape index (κ3) is 5.41. The van der Waals surface area contributed by atoms with E-state index in [2.05, 4.69) is 29.5 Å². The average Bonchev–Trinajstić information content (AvgIpc) is 3.49. The summed E-state index contributed by atoms with van der Waals surface area (Å²) in [5, 5.41) is 7.23. The molecule has 0 saturated heterocycles. The normalized spacial score (nSPS) is 14.2. The third-order valence-electron chi connectivity index (χ3n) is 5.49. The van der Waals surface area contributed by atoms with Crippen LogP contribution in [0.25, 0.3) is 0 Å². The maximum atomic E-state index is 13.1. The topological polar surface area (TPSA) is 59.4 Å². The van der Waals surface area contributed by atoms with Gasteiger partial charge in [0.05, 0.1) is 6.54 Å². The highest BCUT2D eigenvalue weighted by Gasteiger charge is 2.34. The predicted octanol–water partition coefficient (Wildman–Crippen LogP) is 4.79. The highest BCUT2D eigenvalue weighted by atomic mass is 16.5. The molecule has 0 bridgehead atoms. The first-order chi connectivity index (χ1) is 14.7. The first-order valence-corrected chi connectivity index (χ1v) is 10.5. The highest BCUT2D eigenvalue weighted by Crippen LogP contribution is 2.36. The number of hydrogen-bond donors (Lipinski definition) is 1. The molecule has 1 heterocycles. The lowest BCUT2D eigenvalue weighted by molar-refractivity contribution is 0.181. The van der Waals surface area contributed by atoms with Gasteiger partial charge in [0.2, 0.25) is 0 Å². The number of amides is 2. The van der Waals surface area contributed by atoms with Crippen LogP contribution in [0.15, 0.2) is 73.1 Å². The minimum absolute atomic E-state index is 0.0769. The molecule has 30 heavy (non-hydrogen) atoms. The lowest BCUT2D eigenvalue weighted by Crippen LogP contribution is -2.42. The van der Waals surface area contributed by atoms with E-state index < -0.39 is 0 Å². The number of rotatable bonds is 9. The van der Waals surface area contributed by atoms with Gasteiger partial charge in [0, 0.05) is 36.7 Å². The van der Waals surface area contributed by atoms with Crippen molar-refractivity contribution in [2.24, 2.45) is 5.92 Å². The number of carbonyl (C=O) groups is 1. The fourth-order valence-electron chi connectivity index (χ4n) is 3.56. The standard InChI is InChI=1S/C24H28N4O2/c1-19(21-11-12-21)28(18-20-7-3-2-4-8-20)24(29)26-22-9-5-10-23(17-22)30-16-15-27-14-6-13-25-27/h2-10,13-14,17,19,21H,11-12,15-16,18H2,1H3,(H,26,29). The van der Waals surface area contributed by atoms with Gasteiger partial charge in [-0.2, -0.15) is 5.10 Å². The van der Waals surface area contributed by atoms with Crippen LogP contribution in [0.3, 0.4) is 0 Å². The van der Waals surface area contributed by atoms with E-state index in [9.17, 15) is 4.79 Å². The Labute approximate surface area is 177 Å². The van der Waals surface area contributed by atoms with Crippen molar-refractivity contribution in [2.75, 3.05) is 11.9 Å². The molecule has 2 aromatic carbocycles. The number of hydrogen-bond acceptors (Lipinski definition) is 3. The second kappa shape index (κ2) is 9.48. The summed E-state index contributed by atoms with van der Waals surface area (Å²) in [6, 6.07) is 19.7. The van der Waals surface area contributed by atoms with Gasteiger partial charge in [-0.3, -0.25) is 4.68 Å². The molecule has 156 valence electrons. The third-order valence-corrected chi connectivity index (χ3v) is 5.49. The second-order valence-corrected chi connectivity index (χ2v) is 7.77. The van der Waals surface area contributed by atoms with Crippen molar-refractivity contribution in [2.45, 2.75) is 38.9 Å². The number of benzene rings is 2. The lowest BCUT2D eigenvalue weighted by Gasteiger charge is -2.30. The molecule has 2 amide bonds. The van der Waals surface area contributed by atoms with E-state index >= 15 is 0 Å². The SMILES string of the molecule is CC(C1CC1)N(Cc1ccccc1)C(=O)Nc1cccc(OCCn2cccn2)c1. The summed E-state index contributed by atoms with van der Waals surface area (Å²) in [6.45, 7) is 3.94. The Balaban J connectivity index is 1.38. The smallest absolute Gasteiger partial charge is 0.322 e. The van der Waals surface area contributed by atoms with Crippen molar-refractivity contribution in [1.29, 1.82) is 0 Å². The van der Waals surface area contributed by atoms with Gasteiger partial charge < -0.3 is 15.0 Å². The molecule has 3 aromatic rings. The number of urea groups is 1. The van der Waals surface area contributed by atoms with E-state index in [0.29, 0.717) is 25.6 Å². The Morgan fingerprint density at radius 2 is 2.03 bits per heavy atom. The molecular weight excluding hydrogens is 376 g/mol. The average molecular weight is 405 g/mol. The molecule has 1 aliphatic carbocycles. The fourth-order valence-corrected chi connectivity index (χ4v) is 3.56. The van der Waals surface area contributed by atoms with E-state index in [-0.39, 0.29) is 12.1 Å². The summed E-state index contributed by atoms with van der Waals surface area (Å²) in [5.41, 5.74) is 1.87. The van der Waals surface area contributed by atoms with Gasteiger partial charge in [-0.15, -0.1) is 0 Å². The molecule has 4 rings (SSSR count). The number of carbonyl (C=O) groups excluding carboxylic acids is 1. The van der Waals surface area contributed by atoms with Gasteiger partial charge in [-0.25, -0.2) is 4.79 Å². The van der Waals surface area contributed by atoms with Crippen LogP contribution in [0.5, 0.6) is 5.75 Å². The summed E-state index contributed by atoms with van der Waals surface area (Å²) < 4.78 is 7.65. The summed E-state index contributed by atoms with van der Waals surface area (Å²) in [4.78, 5) is 15.1. The quantitative estimate of drug-likeness (QED) is 0.558. The maximum absolute atomic E-state index is 13.1. The first kappa shape index (κ1) is 20.0. The molecular formula is C24H28N4O2. The molecule has 0 spiro atoms. The number of nitrogens with one attached hydrogen (secondary N) is 1. The summed E-state index contributed by atoms with van der Waals surface area (Å²) in [6.07, 6.45) is 6.04. The Bertz CT molecular complexity index is 939. The van der Waals surface area contributed by atoms with E-state index in [0.717, 1.165) is 17.0 Å². The predicted molar refractivity (Wildman–Crippen MR) is 117 cm³/mol. The zero-order valence-corrected chi connectivity index (χ0v) is 17.3. The number of aromatic nitrogens is 2. The van der Waals surface area contributed by atoms with Crippen LogP contribution >= 0.6 is 0 Å². The molecule has 0 aliphatic heterocycles. The van der Waals surface area contributed by atoms with E-state index in [1.807, 2.05) is 64.3 Å². The van der Waals surface area contributed by atoms with Gasteiger partial charge in [0.25, 0.3) is 0 Å². The summed E-state index contributed by atoms with van der Waals surface area (Å²) >= 11 is 0. The fraction of sp³-hybridized carbons (Fsp3) is 0.333. The van der Waals surface area contributed by atoms with Crippen molar-refractivity contribution in [1.82, 2.24) is 14.7 Å². The lowest BCUT2D eigenvalue weighted by atomic mass is 10.1. The largest absolute Gasteiger partial charge is 0.492 e.